The van der Waals surface area contributed by atoms with Crippen LogP contribution in [-0.2, 0) is 0 Å². The molecule has 0 unspecified atom stereocenters. The second-order valence-electron chi connectivity index (χ2n) is 2.89. The lowest BCUT2D eigenvalue weighted by Crippen LogP contribution is -1.94. The summed E-state index contributed by atoms with van der Waals surface area (Å²) in [5.41, 5.74) is 7.38. The van der Waals surface area contributed by atoms with Gasteiger partial charge in [-0.25, -0.2) is 4.98 Å². The number of ether oxygens (including phenoxy) is 1. The number of fused-ring (bicyclic) bond motifs is 1. The molecule has 2 aromatic rings. The van der Waals surface area contributed by atoms with E-state index in [1.54, 1.807) is 13.2 Å². The largest absolute Gasteiger partial charge is 0.481 e. The van der Waals surface area contributed by atoms with Gasteiger partial charge < -0.3 is 10.5 Å². The highest BCUT2D eigenvalue weighted by molar-refractivity contribution is 9.10. The van der Waals surface area contributed by atoms with Crippen molar-refractivity contribution in [2.45, 2.75) is 0 Å². The van der Waals surface area contributed by atoms with E-state index in [-0.39, 0.29) is 0 Å². The number of rotatable bonds is 1. The molecule has 0 aliphatic carbocycles. The Morgan fingerprint density at radius 3 is 2.93 bits per heavy atom. The molecule has 0 spiro atoms. The SMILES string of the molecule is COc1cc(N)c2c(Br)cccc2n1. The van der Waals surface area contributed by atoms with E-state index in [0.717, 1.165) is 15.4 Å². The van der Waals surface area contributed by atoms with Crippen LogP contribution in [0.15, 0.2) is 28.7 Å². The minimum atomic E-state index is 0.535. The van der Waals surface area contributed by atoms with Crippen LogP contribution >= 0.6 is 15.9 Å². The quantitative estimate of drug-likeness (QED) is 0.849. The van der Waals surface area contributed by atoms with E-state index < -0.39 is 0 Å². The number of aromatic nitrogens is 1. The number of nitrogens with two attached hydrogens (primary N) is 1. The van der Waals surface area contributed by atoms with Gasteiger partial charge in [-0.1, -0.05) is 22.0 Å². The molecule has 1 heterocycles. The van der Waals surface area contributed by atoms with E-state index in [1.807, 2.05) is 18.2 Å². The molecular formula is C10H9BrN2O. The van der Waals surface area contributed by atoms with Crippen LogP contribution in [-0.4, -0.2) is 12.1 Å². The Bertz CT molecular complexity index is 485. The summed E-state index contributed by atoms with van der Waals surface area (Å²) in [5, 5.41) is 0.924. The van der Waals surface area contributed by atoms with Crippen LogP contribution in [0.3, 0.4) is 0 Å². The fourth-order valence-electron chi connectivity index (χ4n) is 1.35. The van der Waals surface area contributed by atoms with Crippen LogP contribution in [0.1, 0.15) is 0 Å². The van der Waals surface area contributed by atoms with Gasteiger partial charge in [0, 0.05) is 21.6 Å². The Labute approximate surface area is 90.0 Å². The van der Waals surface area contributed by atoms with E-state index in [4.69, 9.17) is 10.5 Å². The molecule has 0 aliphatic heterocycles. The van der Waals surface area contributed by atoms with Crippen molar-refractivity contribution in [2.75, 3.05) is 12.8 Å². The van der Waals surface area contributed by atoms with Gasteiger partial charge >= 0.3 is 0 Å². The number of hydrogen-bond acceptors (Lipinski definition) is 3. The highest BCUT2D eigenvalue weighted by atomic mass is 79.9. The third-order valence-electron chi connectivity index (χ3n) is 2.00. The average Bonchev–Trinajstić information content (AvgIpc) is 2.17. The molecule has 1 aromatic carbocycles. The van der Waals surface area contributed by atoms with Gasteiger partial charge in [-0.05, 0) is 12.1 Å². The number of anilines is 1. The molecule has 2 rings (SSSR count). The summed E-state index contributed by atoms with van der Waals surface area (Å²) in [6.07, 6.45) is 0. The second kappa shape index (κ2) is 3.46. The van der Waals surface area contributed by atoms with Gasteiger partial charge in [0.15, 0.2) is 0 Å². The van der Waals surface area contributed by atoms with Gasteiger partial charge in [0.1, 0.15) is 0 Å². The van der Waals surface area contributed by atoms with Crippen molar-refractivity contribution in [3.05, 3.63) is 28.7 Å². The molecule has 0 aliphatic rings. The van der Waals surface area contributed by atoms with Gasteiger partial charge in [-0.3, -0.25) is 0 Å². The van der Waals surface area contributed by atoms with E-state index in [0.29, 0.717) is 11.6 Å². The number of benzene rings is 1. The third kappa shape index (κ3) is 1.42. The minimum absolute atomic E-state index is 0.535. The van der Waals surface area contributed by atoms with Gasteiger partial charge in [-0.15, -0.1) is 0 Å². The lowest BCUT2D eigenvalue weighted by molar-refractivity contribution is 0.400. The zero-order valence-corrected chi connectivity index (χ0v) is 9.21. The molecule has 0 fully saturated rings. The lowest BCUT2D eigenvalue weighted by atomic mass is 10.2. The maximum Gasteiger partial charge on any atom is 0.215 e. The molecule has 3 nitrogen and oxygen atoms in total. The van der Waals surface area contributed by atoms with E-state index in [2.05, 4.69) is 20.9 Å². The van der Waals surface area contributed by atoms with Crippen LogP contribution in [0.2, 0.25) is 0 Å². The second-order valence-corrected chi connectivity index (χ2v) is 3.74. The zero-order chi connectivity index (χ0) is 10.1. The molecular weight excluding hydrogens is 244 g/mol. The molecule has 14 heavy (non-hydrogen) atoms. The predicted octanol–water partition coefficient (Wildman–Crippen LogP) is 2.59. The number of methoxy groups -OCH3 is 1. The molecule has 72 valence electrons. The van der Waals surface area contributed by atoms with Crippen molar-refractivity contribution in [3.8, 4) is 5.88 Å². The minimum Gasteiger partial charge on any atom is -0.481 e. The summed E-state index contributed by atoms with van der Waals surface area (Å²) >= 11 is 3.43. The van der Waals surface area contributed by atoms with E-state index in [1.165, 1.54) is 0 Å². The maximum absolute atomic E-state index is 5.88. The zero-order valence-electron chi connectivity index (χ0n) is 7.62. The first-order valence-corrected chi connectivity index (χ1v) is 4.90. The summed E-state index contributed by atoms with van der Waals surface area (Å²) in [6.45, 7) is 0. The van der Waals surface area contributed by atoms with Crippen LogP contribution < -0.4 is 10.5 Å². The van der Waals surface area contributed by atoms with Crippen molar-refractivity contribution < 1.29 is 4.74 Å². The van der Waals surface area contributed by atoms with Gasteiger partial charge in [-0.2, -0.15) is 0 Å². The first kappa shape index (κ1) is 9.27. The lowest BCUT2D eigenvalue weighted by Gasteiger charge is -2.06. The monoisotopic (exact) mass is 252 g/mol. The summed E-state index contributed by atoms with van der Waals surface area (Å²) in [7, 11) is 1.57. The van der Waals surface area contributed by atoms with Gasteiger partial charge in [0.25, 0.3) is 0 Å². The van der Waals surface area contributed by atoms with Crippen molar-refractivity contribution in [2.24, 2.45) is 0 Å². The standard InChI is InChI=1S/C10H9BrN2O/c1-14-9-5-7(12)10-6(11)3-2-4-8(10)13-9/h2-5H,1H3,(H2,12,13). The first-order valence-electron chi connectivity index (χ1n) is 4.11. The fraction of sp³-hybridized carbons (Fsp3) is 0.100. The van der Waals surface area contributed by atoms with Crippen molar-refractivity contribution in [1.82, 2.24) is 4.98 Å². The molecule has 2 N–H and O–H groups in total. The number of nitrogen functional groups attached to an aromatic ring is 1. The predicted molar refractivity (Wildman–Crippen MR) is 60.4 cm³/mol. The molecule has 0 atom stereocenters. The maximum atomic E-state index is 5.88. The van der Waals surface area contributed by atoms with Crippen LogP contribution in [0.4, 0.5) is 5.69 Å². The highest BCUT2D eigenvalue weighted by Gasteiger charge is 2.05. The average molecular weight is 253 g/mol. The van der Waals surface area contributed by atoms with Crippen LogP contribution in [0.25, 0.3) is 10.9 Å². The summed E-state index contributed by atoms with van der Waals surface area (Å²) in [4.78, 5) is 4.28. The van der Waals surface area contributed by atoms with E-state index >= 15 is 0 Å². The Morgan fingerprint density at radius 2 is 2.21 bits per heavy atom. The molecule has 0 amide bonds. The molecule has 0 radical (unpaired) electrons. The van der Waals surface area contributed by atoms with Crippen LogP contribution in [0, 0.1) is 0 Å². The van der Waals surface area contributed by atoms with Crippen molar-refractivity contribution >= 4 is 32.5 Å². The summed E-state index contributed by atoms with van der Waals surface area (Å²) in [6, 6.07) is 7.47. The molecule has 0 saturated carbocycles. The number of hydrogen-bond donors (Lipinski definition) is 1. The Hall–Kier alpha value is -1.29. The smallest absolute Gasteiger partial charge is 0.215 e. The Balaban J connectivity index is 2.83. The molecule has 0 bridgehead atoms. The number of nitrogens with zero attached hydrogens (tertiary/aromatic N) is 1. The highest BCUT2D eigenvalue weighted by Crippen LogP contribution is 2.30. The fourth-order valence-corrected chi connectivity index (χ4v) is 1.94. The van der Waals surface area contributed by atoms with Gasteiger partial charge in [0.05, 0.1) is 12.6 Å². The van der Waals surface area contributed by atoms with Gasteiger partial charge in [0.2, 0.25) is 5.88 Å². The molecule has 0 saturated heterocycles. The van der Waals surface area contributed by atoms with Crippen molar-refractivity contribution in [1.29, 1.82) is 0 Å². The summed E-state index contributed by atoms with van der Waals surface area (Å²) in [5.74, 6) is 0.535. The summed E-state index contributed by atoms with van der Waals surface area (Å²) < 4.78 is 5.98. The van der Waals surface area contributed by atoms with Crippen molar-refractivity contribution in [3.63, 3.8) is 0 Å². The Morgan fingerprint density at radius 1 is 1.43 bits per heavy atom. The first-order chi connectivity index (χ1) is 6.72. The Kier molecular flexibility index (Phi) is 2.29. The topological polar surface area (TPSA) is 48.1 Å². The number of halogens is 1. The third-order valence-corrected chi connectivity index (χ3v) is 2.66. The molecule has 1 aromatic heterocycles. The molecule has 4 heteroatoms. The normalized spacial score (nSPS) is 10.4. The van der Waals surface area contributed by atoms with E-state index in [9.17, 15) is 0 Å². The van der Waals surface area contributed by atoms with Crippen LogP contribution in [0.5, 0.6) is 5.88 Å². The number of pyridine rings is 1.